The number of para-hydroxylation sites is 1. The number of thioether (sulfide) groups is 1. The molecule has 0 atom stereocenters. The molecule has 9 heteroatoms. The molecule has 2 aromatic heterocycles. The van der Waals surface area contributed by atoms with Crippen molar-refractivity contribution in [2.24, 2.45) is 0 Å². The summed E-state index contributed by atoms with van der Waals surface area (Å²) >= 11 is 1.30. The number of benzene rings is 3. The van der Waals surface area contributed by atoms with Gasteiger partial charge in [-0.1, -0.05) is 54.2 Å². The van der Waals surface area contributed by atoms with E-state index >= 15 is 0 Å². The summed E-state index contributed by atoms with van der Waals surface area (Å²) in [5.74, 6) is 0.344. The molecule has 2 heterocycles. The van der Waals surface area contributed by atoms with Crippen molar-refractivity contribution >= 4 is 17.7 Å². The summed E-state index contributed by atoms with van der Waals surface area (Å²) in [4.78, 5) is 16.7. The third-order valence-corrected chi connectivity index (χ3v) is 6.42. The van der Waals surface area contributed by atoms with Crippen LogP contribution in [0, 0.1) is 5.82 Å². The van der Waals surface area contributed by atoms with E-state index in [1.54, 1.807) is 24.7 Å². The lowest BCUT2D eigenvalue weighted by Gasteiger charge is -2.11. The van der Waals surface area contributed by atoms with Crippen LogP contribution in [0.4, 0.5) is 4.39 Å². The molecule has 1 amide bonds. The summed E-state index contributed by atoms with van der Waals surface area (Å²) < 4.78 is 17.3. The third kappa shape index (κ3) is 5.69. The second-order valence-electron chi connectivity index (χ2n) is 8.10. The van der Waals surface area contributed by atoms with Crippen LogP contribution in [0.25, 0.3) is 17.1 Å². The molecule has 180 valence electrons. The number of aromatic nitrogens is 5. The van der Waals surface area contributed by atoms with Gasteiger partial charge in [0.05, 0.1) is 12.1 Å². The summed E-state index contributed by atoms with van der Waals surface area (Å²) in [6.07, 6.45) is 5.45. The summed E-state index contributed by atoms with van der Waals surface area (Å²) in [5.41, 5.74) is 3.76. The zero-order chi connectivity index (χ0) is 24.7. The molecule has 3 aromatic carbocycles. The van der Waals surface area contributed by atoms with Crippen molar-refractivity contribution in [1.82, 2.24) is 29.6 Å². The molecule has 5 rings (SSSR count). The van der Waals surface area contributed by atoms with Crippen molar-refractivity contribution in [3.05, 3.63) is 115 Å². The van der Waals surface area contributed by atoms with Crippen molar-refractivity contribution in [1.29, 1.82) is 0 Å². The van der Waals surface area contributed by atoms with Gasteiger partial charge in [0, 0.05) is 36.7 Å². The summed E-state index contributed by atoms with van der Waals surface area (Å²) in [5, 5.41) is 12.2. The molecule has 0 saturated carbocycles. The molecule has 0 bridgehead atoms. The van der Waals surface area contributed by atoms with Crippen LogP contribution in [0.5, 0.6) is 0 Å². The Morgan fingerprint density at radius 3 is 2.53 bits per heavy atom. The van der Waals surface area contributed by atoms with Crippen molar-refractivity contribution in [2.75, 3.05) is 5.75 Å². The van der Waals surface area contributed by atoms with Crippen molar-refractivity contribution < 1.29 is 9.18 Å². The second-order valence-corrected chi connectivity index (χ2v) is 9.05. The smallest absolute Gasteiger partial charge is 0.230 e. The predicted octanol–water partition coefficient (Wildman–Crippen LogP) is 4.73. The number of hydrogen-bond acceptors (Lipinski definition) is 5. The highest BCUT2D eigenvalue weighted by molar-refractivity contribution is 7.99. The van der Waals surface area contributed by atoms with E-state index in [1.807, 2.05) is 57.8 Å². The summed E-state index contributed by atoms with van der Waals surface area (Å²) in [7, 11) is 0. The Labute approximate surface area is 212 Å². The Balaban J connectivity index is 1.25. The Hall–Kier alpha value is -4.24. The third-order valence-electron chi connectivity index (χ3n) is 5.49. The van der Waals surface area contributed by atoms with Crippen LogP contribution in [-0.2, 0) is 17.9 Å². The topological polar surface area (TPSA) is 77.6 Å². The molecule has 0 radical (unpaired) electrons. The van der Waals surface area contributed by atoms with Crippen molar-refractivity contribution in [3.63, 3.8) is 0 Å². The van der Waals surface area contributed by atoms with Crippen LogP contribution in [0.1, 0.15) is 11.1 Å². The largest absolute Gasteiger partial charge is 0.351 e. The molecular weight excluding hydrogens is 475 g/mol. The number of imidazole rings is 1. The average molecular weight is 499 g/mol. The molecule has 0 aliphatic heterocycles. The van der Waals surface area contributed by atoms with E-state index in [0.717, 1.165) is 28.9 Å². The quantitative estimate of drug-likeness (QED) is 0.298. The first-order valence-electron chi connectivity index (χ1n) is 11.4. The van der Waals surface area contributed by atoms with Gasteiger partial charge in [0.1, 0.15) is 5.82 Å². The first-order chi connectivity index (χ1) is 17.7. The predicted molar refractivity (Wildman–Crippen MR) is 137 cm³/mol. The van der Waals surface area contributed by atoms with Gasteiger partial charge in [0.2, 0.25) is 5.91 Å². The van der Waals surface area contributed by atoms with Gasteiger partial charge >= 0.3 is 0 Å². The molecule has 0 unspecified atom stereocenters. The van der Waals surface area contributed by atoms with Crippen molar-refractivity contribution in [3.8, 4) is 17.1 Å². The van der Waals surface area contributed by atoms with Crippen LogP contribution in [0.15, 0.2) is 103 Å². The normalized spacial score (nSPS) is 10.9. The Morgan fingerprint density at radius 2 is 1.75 bits per heavy atom. The minimum atomic E-state index is -0.317. The highest BCUT2D eigenvalue weighted by Crippen LogP contribution is 2.28. The highest BCUT2D eigenvalue weighted by Gasteiger charge is 2.17. The summed E-state index contributed by atoms with van der Waals surface area (Å²) in [6.45, 7) is 1.16. The lowest BCUT2D eigenvalue weighted by molar-refractivity contribution is -0.118. The fraction of sp³-hybridized carbons (Fsp3) is 0.111. The number of hydrogen-bond donors (Lipinski definition) is 1. The van der Waals surface area contributed by atoms with E-state index in [9.17, 15) is 9.18 Å². The fourth-order valence-corrected chi connectivity index (χ4v) is 4.55. The van der Waals surface area contributed by atoms with Crippen LogP contribution in [0.2, 0.25) is 0 Å². The lowest BCUT2D eigenvalue weighted by Crippen LogP contribution is -2.24. The number of carbonyl (C=O) groups is 1. The molecule has 0 spiro atoms. The first-order valence-corrected chi connectivity index (χ1v) is 12.3. The first kappa shape index (κ1) is 23.5. The van der Waals surface area contributed by atoms with E-state index in [1.165, 1.54) is 23.9 Å². The number of halogens is 1. The maximum Gasteiger partial charge on any atom is 0.230 e. The molecule has 0 saturated heterocycles. The van der Waals surface area contributed by atoms with E-state index in [0.29, 0.717) is 17.5 Å². The van der Waals surface area contributed by atoms with Crippen LogP contribution in [0.3, 0.4) is 0 Å². The van der Waals surface area contributed by atoms with Crippen LogP contribution in [-0.4, -0.2) is 36.0 Å². The Bertz CT molecular complexity index is 1440. The molecule has 0 fully saturated rings. The molecule has 5 aromatic rings. The van der Waals surface area contributed by atoms with Gasteiger partial charge in [-0.2, -0.15) is 0 Å². The van der Waals surface area contributed by atoms with Gasteiger partial charge in [-0.3, -0.25) is 9.36 Å². The van der Waals surface area contributed by atoms with E-state index in [-0.39, 0.29) is 17.5 Å². The molecular formula is C27H23FN6OS. The Kier molecular flexibility index (Phi) is 7.18. The zero-order valence-corrected chi connectivity index (χ0v) is 20.1. The SMILES string of the molecule is O=C(CSc1nnc(-c2ccc(F)cc2)n1-c1ccccc1)NCc1cccc(Cn2ccnc2)c1. The van der Waals surface area contributed by atoms with Gasteiger partial charge in [-0.05, 0) is 47.5 Å². The minimum Gasteiger partial charge on any atom is -0.351 e. The lowest BCUT2D eigenvalue weighted by atomic mass is 10.1. The van der Waals surface area contributed by atoms with Gasteiger partial charge in [0.25, 0.3) is 0 Å². The van der Waals surface area contributed by atoms with Gasteiger partial charge in [-0.15, -0.1) is 10.2 Å². The maximum absolute atomic E-state index is 13.4. The van der Waals surface area contributed by atoms with E-state index in [4.69, 9.17) is 0 Å². The van der Waals surface area contributed by atoms with Gasteiger partial charge in [-0.25, -0.2) is 9.37 Å². The maximum atomic E-state index is 13.4. The van der Waals surface area contributed by atoms with Crippen molar-refractivity contribution in [2.45, 2.75) is 18.2 Å². The van der Waals surface area contributed by atoms with E-state index < -0.39 is 0 Å². The highest BCUT2D eigenvalue weighted by atomic mass is 32.2. The van der Waals surface area contributed by atoms with Gasteiger partial charge in [0.15, 0.2) is 11.0 Å². The van der Waals surface area contributed by atoms with Gasteiger partial charge < -0.3 is 9.88 Å². The Morgan fingerprint density at radius 1 is 0.944 bits per heavy atom. The molecule has 0 aliphatic rings. The molecule has 0 aliphatic carbocycles. The average Bonchev–Trinajstić information content (AvgIpc) is 3.57. The molecule has 1 N–H and O–H groups in total. The van der Waals surface area contributed by atoms with E-state index in [2.05, 4.69) is 32.6 Å². The number of carbonyl (C=O) groups excluding carboxylic acids is 1. The number of rotatable bonds is 9. The monoisotopic (exact) mass is 498 g/mol. The molecule has 36 heavy (non-hydrogen) atoms. The zero-order valence-electron chi connectivity index (χ0n) is 19.3. The fourth-order valence-electron chi connectivity index (χ4n) is 3.77. The number of nitrogens with zero attached hydrogens (tertiary/aromatic N) is 5. The standard InChI is InChI=1S/C27H23FN6OS/c28-23-11-9-22(10-12-23)26-31-32-27(34(26)24-7-2-1-3-8-24)36-18-25(35)30-16-20-5-4-6-21(15-20)17-33-14-13-29-19-33/h1-15,19H,16-18H2,(H,30,35). The minimum absolute atomic E-state index is 0.106. The summed E-state index contributed by atoms with van der Waals surface area (Å²) in [6, 6.07) is 23.9. The number of amides is 1. The van der Waals surface area contributed by atoms with Crippen LogP contribution < -0.4 is 5.32 Å². The molecule has 7 nitrogen and oxygen atoms in total. The second kappa shape index (κ2) is 11.0. The number of nitrogens with one attached hydrogen (secondary N) is 1. The van der Waals surface area contributed by atoms with Crippen LogP contribution >= 0.6 is 11.8 Å².